The van der Waals surface area contributed by atoms with Gasteiger partial charge in [0.15, 0.2) is 0 Å². The molecule has 1 aromatic heterocycles. The van der Waals surface area contributed by atoms with Crippen LogP contribution in [0, 0.1) is 5.95 Å². The summed E-state index contributed by atoms with van der Waals surface area (Å²) in [4.78, 5) is 5.64. The number of pyridine rings is 1. The predicted octanol–water partition coefficient (Wildman–Crippen LogP) is 1.11. The van der Waals surface area contributed by atoms with Gasteiger partial charge in [0.1, 0.15) is 0 Å². The van der Waals surface area contributed by atoms with E-state index in [2.05, 4.69) is 4.98 Å². The first-order chi connectivity index (χ1) is 6.27. The lowest BCUT2D eigenvalue weighted by Gasteiger charge is -2.22. The predicted molar refractivity (Wildman–Crippen MR) is 48.8 cm³/mol. The summed E-state index contributed by atoms with van der Waals surface area (Å²) >= 11 is 0. The lowest BCUT2D eigenvalue weighted by molar-refractivity contribution is 0.582. The molecule has 0 bridgehead atoms. The minimum absolute atomic E-state index is 0.0623. The Morgan fingerprint density at radius 2 is 2.38 bits per heavy atom. The van der Waals surface area contributed by atoms with Gasteiger partial charge in [-0.1, -0.05) is 0 Å². The average Bonchev–Trinajstić information content (AvgIpc) is 2.53. The summed E-state index contributed by atoms with van der Waals surface area (Å²) in [5, 5.41) is 0. The normalized spacial score (nSPS) is 22.3. The van der Waals surface area contributed by atoms with Gasteiger partial charge in [-0.05, 0) is 25.0 Å². The van der Waals surface area contributed by atoms with Gasteiger partial charge in [0, 0.05) is 6.54 Å². The number of hydrogen-bond acceptors (Lipinski definition) is 3. The molecule has 0 aromatic carbocycles. The van der Waals surface area contributed by atoms with E-state index in [4.69, 9.17) is 5.73 Å². The van der Waals surface area contributed by atoms with Crippen LogP contribution in [0.25, 0.3) is 0 Å². The quantitative estimate of drug-likeness (QED) is 0.660. The second-order valence-corrected chi connectivity index (χ2v) is 3.24. The molecule has 4 heteroatoms. The van der Waals surface area contributed by atoms with Crippen molar-refractivity contribution in [1.29, 1.82) is 0 Å². The molecule has 2 rings (SSSR count). The molecule has 0 amide bonds. The molecule has 0 aliphatic carbocycles. The maximum absolute atomic E-state index is 12.5. The van der Waals surface area contributed by atoms with Gasteiger partial charge >= 0.3 is 0 Å². The molecule has 1 aliphatic rings. The number of hydrogen-bond donors (Lipinski definition) is 1. The molecule has 1 unspecified atom stereocenters. The summed E-state index contributed by atoms with van der Waals surface area (Å²) in [5.41, 5.74) is 6.76. The van der Waals surface area contributed by atoms with Crippen molar-refractivity contribution in [2.24, 2.45) is 5.73 Å². The lowest BCUT2D eigenvalue weighted by Crippen LogP contribution is -2.36. The molecule has 70 valence electrons. The van der Waals surface area contributed by atoms with Crippen LogP contribution in [0.5, 0.6) is 0 Å². The second kappa shape index (κ2) is 3.30. The number of anilines is 1. The molecule has 1 atom stereocenters. The van der Waals surface area contributed by atoms with Crippen LogP contribution in [-0.4, -0.2) is 17.7 Å². The maximum atomic E-state index is 12.5. The molecule has 0 radical (unpaired) electrons. The van der Waals surface area contributed by atoms with E-state index in [1.807, 2.05) is 4.90 Å². The van der Waals surface area contributed by atoms with Crippen LogP contribution in [0.15, 0.2) is 18.3 Å². The SMILES string of the molecule is NC1CCCN1c1ccc(F)nc1. The van der Waals surface area contributed by atoms with E-state index in [0.29, 0.717) is 0 Å². The maximum Gasteiger partial charge on any atom is 0.212 e. The summed E-state index contributed by atoms with van der Waals surface area (Å²) in [6.07, 6.45) is 3.68. The fourth-order valence-electron chi connectivity index (χ4n) is 1.65. The van der Waals surface area contributed by atoms with Gasteiger partial charge in [0.05, 0.1) is 18.1 Å². The van der Waals surface area contributed by atoms with Gasteiger partial charge in [0.25, 0.3) is 0 Å². The Morgan fingerprint density at radius 3 is 2.92 bits per heavy atom. The number of halogens is 1. The van der Waals surface area contributed by atoms with Crippen LogP contribution in [0.3, 0.4) is 0 Å². The Morgan fingerprint density at radius 1 is 1.54 bits per heavy atom. The molecule has 2 N–H and O–H groups in total. The van der Waals surface area contributed by atoms with Gasteiger partial charge in [0.2, 0.25) is 5.95 Å². The Bertz CT molecular complexity index is 285. The van der Waals surface area contributed by atoms with E-state index in [1.54, 1.807) is 6.07 Å². The van der Waals surface area contributed by atoms with Crippen molar-refractivity contribution < 1.29 is 4.39 Å². The highest BCUT2D eigenvalue weighted by atomic mass is 19.1. The van der Waals surface area contributed by atoms with Crippen LogP contribution in [-0.2, 0) is 0 Å². The highest BCUT2D eigenvalue weighted by Crippen LogP contribution is 2.21. The standard InChI is InChI=1S/C9H12FN3/c10-8-4-3-7(6-12-8)13-5-1-2-9(13)11/h3-4,6,9H,1-2,5,11H2. The largest absolute Gasteiger partial charge is 0.355 e. The van der Waals surface area contributed by atoms with E-state index in [1.165, 1.54) is 12.3 Å². The third-order valence-corrected chi connectivity index (χ3v) is 2.34. The number of nitrogens with zero attached hydrogens (tertiary/aromatic N) is 2. The Kier molecular flexibility index (Phi) is 2.14. The zero-order valence-electron chi connectivity index (χ0n) is 7.28. The summed E-state index contributed by atoms with van der Waals surface area (Å²) < 4.78 is 12.5. The molecule has 2 heterocycles. The van der Waals surface area contributed by atoms with E-state index >= 15 is 0 Å². The number of rotatable bonds is 1. The minimum atomic E-state index is -0.448. The zero-order valence-corrected chi connectivity index (χ0v) is 7.28. The number of aromatic nitrogens is 1. The zero-order chi connectivity index (χ0) is 9.26. The van der Waals surface area contributed by atoms with Gasteiger partial charge in [-0.3, -0.25) is 0 Å². The molecular weight excluding hydrogens is 169 g/mol. The van der Waals surface area contributed by atoms with Crippen LogP contribution < -0.4 is 10.6 Å². The highest BCUT2D eigenvalue weighted by molar-refractivity contribution is 5.45. The Hall–Kier alpha value is -1.16. The fraction of sp³-hybridized carbons (Fsp3) is 0.444. The summed E-state index contributed by atoms with van der Waals surface area (Å²) in [5.74, 6) is -0.448. The third-order valence-electron chi connectivity index (χ3n) is 2.34. The average molecular weight is 181 g/mol. The summed E-state index contributed by atoms with van der Waals surface area (Å²) in [7, 11) is 0. The smallest absolute Gasteiger partial charge is 0.212 e. The van der Waals surface area contributed by atoms with Crippen LogP contribution in [0.2, 0.25) is 0 Å². The minimum Gasteiger partial charge on any atom is -0.355 e. The summed E-state index contributed by atoms with van der Waals surface area (Å²) in [6.45, 7) is 0.939. The first-order valence-electron chi connectivity index (χ1n) is 4.41. The first-order valence-corrected chi connectivity index (χ1v) is 4.41. The Labute approximate surface area is 76.4 Å². The summed E-state index contributed by atoms with van der Waals surface area (Å²) in [6, 6.07) is 3.08. The third kappa shape index (κ3) is 1.62. The molecule has 0 saturated carbocycles. The molecule has 1 aliphatic heterocycles. The molecule has 0 spiro atoms. The van der Waals surface area contributed by atoms with Crippen LogP contribution >= 0.6 is 0 Å². The van der Waals surface area contributed by atoms with Gasteiger partial charge < -0.3 is 10.6 Å². The highest BCUT2D eigenvalue weighted by Gasteiger charge is 2.20. The van der Waals surface area contributed by atoms with Crippen molar-refractivity contribution in [3.05, 3.63) is 24.3 Å². The topological polar surface area (TPSA) is 42.1 Å². The molecule has 1 fully saturated rings. The molecule has 1 saturated heterocycles. The van der Waals surface area contributed by atoms with Gasteiger partial charge in [-0.15, -0.1) is 0 Å². The Balaban J connectivity index is 2.20. The van der Waals surface area contributed by atoms with E-state index < -0.39 is 5.95 Å². The first kappa shape index (κ1) is 8.44. The van der Waals surface area contributed by atoms with E-state index in [-0.39, 0.29) is 6.17 Å². The van der Waals surface area contributed by atoms with Gasteiger partial charge in [-0.25, -0.2) is 4.98 Å². The van der Waals surface area contributed by atoms with Crippen molar-refractivity contribution in [3.63, 3.8) is 0 Å². The van der Waals surface area contributed by atoms with Crippen molar-refractivity contribution in [2.45, 2.75) is 19.0 Å². The van der Waals surface area contributed by atoms with Crippen molar-refractivity contribution in [3.8, 4) is 0 Å². The van der Waals surface area contributed by atoms with Crippen molar-refractivity contribution >= 4 is 5.69 Å². The van der Waals surface area contributed by atoms with Crippen molar-refractivity contribution in [1.82, 2.24) is 4.98 Å². The lowest BCUT2D eigenvalue weighted by atomic mass is 10.3. The fourth-order valence-corrected chi connectivity index (χ4v) is 1.65. The van der Waals surface area contributed by atoms with Crippen LogP contribution in [0.1, 0.15) is 12.8 Å². The number of nitrogens with two attached hydrogens (primary N) is 1. The second-order valence-electron chi connectivity index (χ2n) is 3.24. The molecular formula is C9H12FN3. The van der Waals surface area contributed by atoms with Gasteiger partial charge in [-0.2, -0.15) is 4.39 Å². The van der Waals surface area contributed by atoms with E-state index in [9.17, 15) is 4.39 Å². The molecule has 13 heavy (non-hydrogen) atoms. The monoisotopic (exact) mass is 181 g/mol. The van der Waals surface area contributed by atoms with E-state index in [0.717, 1.165) is 25.1 Å². The molecule has 1 aromatic rings. The molecule has 3 nitrogen and oxygen atoms in total. The van der Waals surface area contributed by atoms with Crippen molar-refractivity contribution in [2.75, 3.05) is 11.4 Å². The van der Waals surface area contributed by atoms with Crippen LogP contribution in [0.4, 0.5) is 10.1 Å².